The van der Waals surface area contributed by atoms with Crippen molar-refractivity contribution in [1.82, 2.24) is 15.0 Å². The first-order valence-electron chi connectivity index (χ1n) is 8.87. The maximum atomic E-state index is 10.2. The van der Waals surface area contributed by atoms with E-state index in [1.54, 1.807) is 0 Å². The molecule has 1 aromatic heterocycles. The molecule has 1 aliphatic rings. The molecule has 0 saturated carbocycles. The summed E-state index contributed by atoms with van der Waals surface area (Å²) in [6, 6.07) is 0.193. The minimum Gasteiger partial charge on any atom is -0.392 e. The van der Waals surface area contributed by atoms with Crippen molar-refractivity contribution in [1.29, 1.82) is 0 Å². The fraction of sp³-hybridized carbons (Fsp3) is 0.882. The molecular weight excluding hydrogens is 294 g/mol. The lowest BCUT2D eigenvalue weighted by Crippen LogP contribution is -2.46. The van der Waals surface area contributed by atoms with Gasteiger partial charge in [0.25, 0.3) is 0 Å². The van der Waals surface area contributed by atoms with Gasteiger partial charge in [0.05, 0.1) is 12.6 Å². The van der Waals surface area contributed by atoms with Crippen LogP contribution < -0.4 is 0 Å². The van der Waals surface area contributed by atoms with Gasteiger partial charge in [0, 0.05) is 12.6 Å². The van der Waals surface area contributed by atoms with E-state index in [0.717, 1.165) is 25.8 Å². The van der Waals surface area contributed by atoms with E-state index in [4.69, 9.17) is 9.26 Å². The van der Waals surface area contributed by atoms with Crippen molar-refractivity contribution in [3.05, 3.63) is 11.7 Å². The summed E-state index contributed by atoms with van der Waals surface area (Å²) in [5.74, 6) is 1.69. The van der Waals surface area contributed by atoms with E-state index in [1.807, 2.05) is 13.8 Å². The van der Waals surface area contributed by atoms with E-state index in [-0.39, 0.29) is 18.2 Å². The summed E-state index contributed by atoms with van der Waals surface area (Å²) in [5, 5.41) is 14.3. The fourth-order valence-corrected chi connectivity index (χ4v) is 3.00. The molecule has 0 amide bonds. The van der Waals surface area contributed by atoms with E-state index in [2.05, 4.69) is 28.9 Å². The summed E-state index contributed by atoms with van der Waals surface area (Å²) in [5.41, 5.74) is 0. The number of aliphatic hydroxyl groups excluding tert-OH is 1. The van der Waals surface area contributed by atoms with Crippen molar-refractivity contribution >= 4 is 0 Å². The Kier molecular flexibility index (Phi) is 6.99. The summed E-state index contributed by atoms with van der Waals surface area (Å²) < 4.78 is 11.1. The Bertz CT molecular complexity index is 464. The van der Waals surface area contributed by atoms with Gasteiger partial charge >= 0.3 is 0 Å². The Balaban J connectivity index is 1.94. The number of nitrogens with zero attached hydrogens (tertiary/aromatic N) is 3. The van der Waals surface area contributed by atoms with E-state index >= 15 is 0 Å². The molecule has 6 nitrogen and oxygen atoms in total. The minimum atomic E-state index is -0.286. The average molecular weight is 325 g/mol. The molecule has 3 atom stereocenters. The molecule has 1 aromatic rings. The third-order valence-electron chi connectivity index (χ3n) is 4.39. The monoisotopic (exact) mass is 325 g/mol. The van der Waals surface area contributed by atoms with Crippen LogP contribution in [0.3, 0.4) is 0 Å². The van der Waals surface area contributed by atoms with Gasteiger partial charge in [0.1, 0.15) is 6.10 Å². The molecule has 0 aromatic carbocycles. The van der Waals surface area contributed by atoms with Crippen LogP contribution in [0, 0.1) is 5.92 Å². The number of ether oxygens (including phenoxy) is 1. The second-order valence-corrected chi connectivity index (χ2v) is 6.92. The summed E-state index contributed by atoms with van der Waals surface area (Å²) in [4.78, 5) is 6.75. The van der Waals surface area contributed by atoms with E-state index < -0.39 is 0 Å². The first kappa shape index (κ1) is 18.4. The third kappa shape index (κ3) is 5.26. The predicted molar refractivity (Wildman–Crippen MR) is 87.8 cm³/mol. The number of likely N-dealkylation sites (tertiary alicyclic amines) is 1. The first-order chi connectivity index (χ1) is 11.0. The van der Waals surface area contributed by atoms with Crippen molar-refractivity contribution in [3.63, 3.8) is 0 Å². The van der Waals surface area contributed by atoms with Crippen LogP contribution in [0.2, 0.25) is 0 Å². The van der Waals surface area contributed by atoms with Gasteiger partial charge in [-0.05, 0) is 38.6 Å². The number of hydrogen-bond acceptors (Lipinski definition) is 6. The van der Waals surface area contributed by atoms with Crippen molar-refractivity contribution < 1.29 is 14.4 Å². The van der Waals surface area contributed by atoms with Crippen molar-refractivity contribution in [2.45, 2.75) is 78.2 Å². The molecule has 3 unspecified atom stereocenters. The average Bonchev–Trinajstić information content (AvgIpc) is 3.01. The highest BCUT2D eigenvalue weighted by Crippen LogP contribution is 2.23. The molecule has 0 radical (unpaired) electrons. The molecule has 0 spiro atoms. The number of rotatable bonds is 8. The molecule has 2 heterocycles. The van der Waals surface area contributed by atoms with Crippen molar-refractivity contribution in [2.75, 3.05) is 13.2 Å². The van der Waals surface area contributed by atoms with Crippen LogP contribution in [-0.2, 0) is 11.3 Å². The third-order valence-corrected chi connectivity index (χ3v) is 4.39. The molecule has 2 rings (SSSR count). The standard InChI is InChI=1S/C17H31N3O3/c1-5-15(21)14-8-6-7-9-20(14)10-16-18-17(19-23-16)13(4)22-11-12(2)3/h12-15,21H,5-11H2,1-4H3. The smallest absolute Gasteiger partial charge is 0.240 e. The van der Waals surface area contributed by atoms with Gasteiger partial charge in [-0.25, -0.2) is 0 Å². The van der Waals surface area contributed by atoms with Gasteiger partial charge in [-0.3, -0.25) is 4.90 Å². The maximum Gasteiger partial charge on any atom is 0.240 e. The van der Waals surface area contributed by atoms with Gasteiger partial charge < -0.3 is 14.4 Å². The highest BCUT2D eigenvalue weighted by atomic mass is 16.5. The zero-order valence-corrected chi connectivity index (χ0v) is 14.9. The van der Waals surface area contributed by atoms with Crippen LogP contribution in [0.25, 0.3) is 0 Å². The van der Waals surface area contributed by atoms with Crippen LogP contribution in [0.5, 0.6) is 0 Å². The number of hydrogen-bond donors (Lipinski definition) is 1. The van der Waals surface area contributed by atoms with Gasteiger partial charge in [0.2, 0.25) is 5.89 Å². The zero-order chi connectivity index (χ0) is 16.8. The fourth-order valence-electron chi connectivity index (χ4n) is 3.00. The number of aromatic nitrogens is 2. The molecular formula is C17H31N3O3. The lowest BCUT2D eigenvalue weighted by atomic mass is 9.96. The number of aliphatic hydroxyl groups is 1. The van der Waals surface area contributed by atoms with Crippen LogP contribution in [0.4, 0.5) is 0 Å². The highest BCUT2D eigenvalue weighted by molar-refractivity contribution is 4.92. The van der Waals surface area contributed by atoms with Crippen LogP contribution >= 0.6 is 0 Å². The second-order valence-electron chi connectivity index (χ2n) is 6.92. The SMILES string of the molecule is CCC(O)C1CCCCN1Cc1nc(C(C)OCC(C)C)no1. The molecule has 1 N–H and O–H groups in total. The second kappa shape index (κ2) is 8.76. The summed E-state index contributed by atoms with van der Waals surface area (Å²) in [6.07, 6.45) is 3.69. The van der Waals surface area contributed by atoms with Gasteiger partial charge in [-0.15, -0.1) is 0 Å². The quantitative estimate of drug-likeness (QED) is 0.792. The van der Waals surface area contributed by atoms with Crippen molar-refractivity contribution in [2.24, 2.45) is 5.92 Å². The first-order valence-corrected chi connectivity index (χ1v) is 8.87. The van der Waals surface area contributed by atoms with Gasteiger partial charge in [-0.2, -0.15) is 4.98 Å². The van der Waals surface area contributed by atoms with E-state index in [0.29, 0.717) is 30.8 Å². The largest absolute Gasteiger partial charge is 0.392 e. The lowest BCUT2D eigenvalue weighted by Gasteiger charge is -2.37. The Labute approximate surface area is 139 Å². The zero-order valence-electron chi connectivity index (χ0n) is 14.9. The normalized spacial score (nSPS) is 22.4. The Morgan fingerprint density at radius 2 is 2.13 bits per heavy atom. The van der Waals surface area contributed by atoms with Gasteiger partial charge in [0.15, 0.2) is 5.82 Å². The molecule has 6 heteroatoms. The lowest BCUT2D eigenvalue weighted by molar-refractivity contribution is 0.0145. The van der Waals surface area contributed by atoms with Crippen molar-refractivity contribution in [3.8, 4) is 0 Å². The van der Waals surface area contributed by atoms with Crippen LogP contribution in [-0.4, -0.2) is 45.4 Å². The topological polar surface area (TPSA) is 71.6 Å². The Morgan fingerprint density at radius 3 is 2.83 bits per heavy atom. The molecule has 0 bridgehead atoms. The van der Waals surface area contributed by atoms with E-state index in [1.165, 1.54) is 6.42 Å². The summed E-state index contributed by atoms with van der Waals surface area (Å²) in [6.45, 7) is 10.5. The highest BCUT2D eigenvalue weighted by Gasteiger charge is 2.29. The van der Waals surface area contributed by atoms with Crippen LogP contribution in [0.1, 0.15) is 71.2 Å². The van der Waals surface area contributed by atoms with Crippen LogP contribution in [0.15, 0.2) is 4.52 Å². The molecule has 1 aliphatic heterocycles. The summed E-state index contributed by atoms with van der Waals surface area (Å²) >= 11 is 0. The Morgan fingerprint density at radius 1 is 1.35 bits per heavy atom. The maximum absolute atomic E-state index is 10.2. The van der Waals surface area contributed by atoms with Gasteiger partial charge in [-0.1, -0.05) is 32.3 Å². The number of piperidine rings is 1. The minimum absolute atomic E-state index is 0.159. The Hall–Kier alpha value is -0.980. The molecule has 23 heavy (non-hydrogen) atoms. The predicted octanol–water partition coefficient (Wildman–Crippen LogP) is 2.93. The molecule has 1 fully saturated rings. The molecule has 0 aliphatic carbocycles. The van der Waals surface area contributed by atoms with E-state index in [9.17, 15) is 5.11 Å². The molecule has 132 valence electrons. The summed E-state index contributed by atoms with van der Waals surface area (Å²) in [7, 11) is 0. The molecule has 1 saturated heterocycles.